The van der Waals surface area contributed by atoms with E-state index < -0.39 is 29.9 Å². The molecule has 2 amide bonds. The van der Waals surface area contributed by atoms with Crippen molar-refractivity contribution >= 4 is 51.3 Å². The number of aromatic nitrogens is 1. The smallest absolute Gasteiger partial charge is 0.326 e. The number of carboxylic acid groups (broad SMARTS) is 1. The highest BCUT2D eigenvalue weighted by Gasteiger charge is 2.27. The molecule has 8 nitrogen and oxygen atoms in total. The van der Waals surface area contributed by atoms with Crippen molar-refractivity contribution in [1.29, 1.82) is 0 Å². The van der Waals surface area contributed by atoms with Gasteiger partial charge in [0.15, 0.2) is 0 Å². The van der Waals surface area contributed by atoms with Crippen molar-refractivity contribution in [2.45, 2.75) is 24.9 Å². The second kappa shape index (κ2) is 10.4. The second-order valence-electron chi connectivity index (χ2n) is 7.12. The average molecular weight is 534 g/mol. The van der Waals surface area contributed by atoms with E-state index in [1.807, 2.05) is 48.5 Å². The minimum Gasteiger partial charge on any atom is -0.480 e. The average Bonchev–Trinajstić information content (AvgIpc) is 3.17. The SMILES string of the molecule is NCC(=O)N[C@@H](Cc1ccc(I)cc1)C(=O)N[C@@H](Cc1c[nH]c2ccccc12)C(=O)O. The Morgan fingerprint density at radius 1 is 1.00 bits per heavy atom. The third kappa shape index (κ3) is 6.05. The standard InChI is InChI=1S/C22H23IN4O4/c23-15-7-5-13(6-8-15)9-18(26-20(28)11-24)21(29)27-19(22(30)31)10-14-12-25-17-4-2-1-3-16(14)17/h1-8,12,18-19,25H,9-11,24H2,(H,26,28)(H,27,29)(H,30,31)/t18-,19-/m0/s1. The van der Waals surface area contributed by atoms with E-state index in [1.54, 1.807) is 6.20 Å². The van der Waals surface area contributed by atoms with Gasteiger partial charge in [-0.3, -0.25) is 9.59 Å². The molecule has 31 heavy (non-hydrogen) atoms. The van der Waals surface area contributed by atoms with Crippen molar-refractivity contribution in [3.05, 3.63) is 69.4 Å². The van der Waals surface area contributed by atoms with Gasteiger partial charge in [0.25, 0.3) is 0 Å². The summed E-state index contributed by atoms with van der Waals surface area (Å²) in [5.74, 6) is -2.22. The van der Waals surface area contributed by atoms with Gasteiger partial charge in [-0.05, 0) is 51.9 Å². The number of hydrogen-bond donors (Lipinski definition) is 5. The number of benzene rings is 2. The minimum absolute atomic E-state index is 0.103. The van der Waals surface area contributed by atoms with Gasteiger partial charge >= 0.3 is 5.97 Å². The minimum atomic E-state index is -1.16. The summed E-state index contributed by atoms with van der Waals surface area (Å²) in [4.78, 5) is 39.8. The lowest BCUT2D eigenvalue weighted by Gasteiger charge is -2.21. The molecule has 0 bridgehead atoms. The van der Waals surface area contributed by atoms with Crippen LogP contribution >= 0.6 is 22.6 Å². The zero-order valence-electron chi connectivity index (χ0n) is 16.6. The van der Waals surface area contributed by atoms with Crippen LogP contribution in [0.15, 0.2) is 54.7 Å². The van der Waals surface area contributed by atoms with Crippen molar-refractivity contribution in [1.82, 2.24) is 15.6 Å². The Bertz CT molecular complexity index is 1080. The van der Waals surface area contributed by atoms with Gasteiger partial charge in [0.2, 0.25) is 11.8 Å². The number of nitrogens with one attached hydrogen (secondary N) is 3. The highest BCUT2D eigenvalue weighted by atomic mass is 127. The van der Waals surface area contributed by atoms with Gasteiger partial charge in [-0.2, -0.15) is 0 Å². The van der Waals surface area contributed by atoms with Crippen molar-refractivity contribution < 1.29 is 19.5 Å². The van der Waals surface area contributed by atoms with Gasteiger partial charge in [0.1, 0.15) is 12.1 Å². The number of carbonyl (C=O) groups excluding carboxylic acids is 2. The fraction of sp³-hybridized carbons (Fsp3) is 0.227. The maximum absolute atomic E-state index is 12.9. The fourth-order valence-corrected chi connectivity index (χ4v) is 3.67. The molecule has 0 aliphatic carbocycles. The Hall–Kier alpha value is -2.92. The molecular formula is C22H23IN4O4. The van der Waals surface area contributed by atoms with E-state index in [0.717, 1.165) is 25.6 Å². The molecule has 0 saturated heterocycles. The van der Waals surface area contributed by atoms with Crippen molar-refractivity contribution in [2.24, 2.45) is 5.73 Å². The maximum Gasteiger partial charge on any atom is 0.326 e. The Morgan fingerprint density at radius 2 is 1.71 bits per heavy atom. The number of rotatable bonds is 9. The number of fused-ring (bicyclic) bond motifs is 1. The Kier molecular flexibility index (Phi) is 7.64. The lowest BCUT2D eigenvalue weighted by Crippen LogP contribution is -2.53. The predicted molar refractivity (Wildman–Crippen MR) is 125 cm³/mol. The molecule has 3 aromatic rings. The topological polar surface area (TPSA) is 137 Å². The van der Waals surface area contributed by atoms with Crippen LogP contribution in [0.3, 0.4) is 0 Å². The number of carbonyl (C=O) groups is 3. The summed E-state index contributed by atoms with van der Waals surface area (Å²) in [5, 5.41) is 15.7. The van der Waals surface area contributed by atoms with Crippen LogP contribution in [0.4, 0.5) is 0 Å². The Labute approximate surface area is 192 Å². The van der Waals surface area contributed by atoms with Crippen LogP contribution in [-0.4, -0.2) is 46.5 Å². The molecule has 1 heterocycles. The van der Waals surface area contributed by atoms with Gasteiger partial charge in [-0.15, -0.1) is 0 Å². The third-order valence-electron chi connectivity index (χ3n) is 4.90. The van der Waals surface area contributed by atoms with Crippen molar-refractivity contribution in [3.8, 4) is 0 Å². The van der Waals surface area contributed by atoms with Gasteiger partial charge < -0.3 is 26.5 Å². The summed E-state index contributed by atoms with van der Waals surface area (Å²) < 4.78 is 1.04. The normalized spacial score (nSPS) is 12.8. The van der Waals surface area contributed by atoms with E-state index in [1.165, 1.54) is 0 Å². The van der Waals surface area contributed by atoms with E-state index in [-0.39, 0.29) is 19.4 Å². The van der Waals surface area contributed by atoms with Crippen LogP contribution in [0.25, 0.3) is 10.9 Å². The summed E-state index contributed by atoms with van der Waals surface area (Å²) in [7, 11) is 0. The van der Waals surface area contributed by atoms with Gasteiger partial charge in [0, 0.05) is 33.5 Å². The molecule has 0 saturated carbocycles. The lowest BCUT2D eigenvalue weighted by atomic mass is 10.0. The number of hydrogen-bond acceptors (Lipinski definition) is 4. The Morgan fingerprint density at radius 3 is 2.39 bits per heavy atom. The number of H-pyrrole nitrogens is 1. The molecule has 2 atom stereocenters. The molecule has 9 heteroatoms. The van der Waals surface area contributed by atoms with E-state index in [9.17, 15) is 19.5 Å². The summed E-state index contributed by atoms with van der Waals surface area (Å²) >= 11 is 2.18. The van der Waals surface area contributed by atoms with Crippen LogP contribution in [0.1, 0.15) is 11.1 Å². The van der Waals surface area contributed by atoms with Crippen LogP contribution in [0.5, 0.6) is 0 Å². The van der Waals surface area contributed by atoms with Crippen LogP contribution < -0.4 is 16.4 Å². The van der Waals surface area contributed by atoms with E-state index in [0.29, 0.717) is 0 Å². The van der Waals surface area contributed by atoms with Crippen molar-refractivity contribution in [3.63, 3.8) is 0 Å². The van der Waals surface area contributed by atoms with E-state index in [4.69, 9.17) is 5.73 Å². The van der Waals surface area contributed by atoms with Crippen LogP contribution in [0.2, 0.25) is 0 Å². The number of aliphatic carboxylic acids is 1. The number of amides is 2. The highest BCUT2D eigenvalue weighted by Crippen LogP contribution is 2.19. The van der Waals surface area contributed by atoms with Gasteiger partial charge in [0.05, 0.1) is 6.54 Å². The zero-order valence-corrected chi connectivity index (χ0v) is 18.8. The number of para-hydroxylation sites is 1. The maximum atomic E-state index is 12.9. The monoisotopic (exact) mass is 534 g/mol. The molecule has 0 aliphatic heterocycles. The zero-order chi connectivity index (χ0) is 22.4. The molecule has 6 N–H and O–H groups in total. The first kappa shape index (κ1) is 22.8. The Balaban J connectivity index is 1.76. The first-order valence-electron chi connectivity index (χ1n) is 9.69. The molecule has 0 spiro atoms. The number of aromatic amines is 1. The number of halogens is 1. The molecule has 162 valence electrons. The van der Waals surface area contributed by atoms with Crippen LogP contribution in [-0.2, 0) is 27.2 Å². The van der Waals surface area contributed by atoms with Gasteiger partial charge in [-0.25, -0.2) is 4.79 Å². The molecular weight excluding hydrogens is 511 g/mol. The molecule has 1 aromatic heterocycles. The molecule has 0 aliphatic rings. The second-order valence-corrected chi connectivity index (χ2v) is 8.36. The quantitative estimate of drug-likeness (QED) is 0.266. The first-order valence-corrected chi connectivity index (χ1v) is 10.8. The summed E-state index contributed by atoms with van der Waals surface area (Å²) in [5.41, 5.74) is 7.89. The van der Waals surface area contributed by atoms with E-state index >= 15 is 0 Å². The summed E-state index contributed by atoms with van der Waals surface area (Å²) in [6, 6.07) is 13.0. The molecule has 3 rings (SSSR count). The van der Waals surface area contributed by atoms with Crippen molar-refractivity contribution in [2.75, 3.05) is 6.54 Å². The summed E-state index contributed by atoms with van der Waals surface area (Å²) in [6.07, 6.45) is 2.06. The molecule has 0 radical (unpaired) electrons. The first-order chi connectivity index (χ1) is 14.9. The predicted octanol–water partition coefficient (Wildman–Crippen LogP) is 1.57. The molecule has 0 fully saturated rings. The van der Waals surface area contributed by atoms with Crippen LogP contribution in [0, 0.1) is 3.57 Å². The van der Waals surface area contributed by atoms with Gasteiger partial charge in [-0.1, -0.05) is 30.3 Å². The highest BCUT2D eigenvalue weighted by molar-refractivity contribution is 14.1. The molecule has 2 aromatic carbocycles. The number of nitrogens with two attached hydrogens (primary N) is 1. The number of carboxylic acids is 1. The third-order valence-corrected chi connectivity index (χ3v) is 5.62. The largest absolute Gasteiger partial charge is 0.480 e. The fourth-order valence-electron chi connectivity index (χ4n) is 3.31. The lowest BCUT2D eigenvalue weighted by molar-refractivity contribution is -0.142. The molecule has 0 unspecified atom stereocenters. The summed E-state index contributed by atoms with van der Waals surface area (Å²) in [6.45, 7) is -0.270. The van der Waals surface area contributed by atoms with E-state index in [2.05, 4.69) is 38.2 Å².